The molecule has 0 aromatic heterocycles. The number of hydrogen-bond acceptors (Lipinski definition) is 5. The van der Waals surface area contributed by atoms with Crippen molar-refractivity contribution in [3.63, 3.8) is 0 Å². The van der Waals surface area contributed by atoms with Gasteiger partial charge in [-0.1, -0.05) is 25.0 Å². The number of hydrogen-bond donors (Lipinski definition) is 4. The molecule has 0 amide bonds. The van der Waals surface area contributed by atoms with Crippen LogP contribution < -0.4 is 0 Å². The second-order valence-corrected chi connectivity index (χ2v) is 10.2. The Kier molecular flexibility index (Phi) is 4.44. The van der Waals surface area contributed by atoms with Crippen LogP contribution in [-0.2, 0) is 4.79 Å². The van der Waals surface area contributed by atoms with Crippen molar-refractivity contribution in [3.8, 4) is 0 Å². The van der Waals surface area contributed by atoms with Crippen LogP contribution in [0.5, 0.6) is 0 Å². The molecule has 27 heavy (non-hydrogen) atoms. The molecule has 3 saturated carbocycles. The lowest BCUT2D eigenvalue weighted by Gasteiger charge is -2.61. The first-order valence-corrected chi connectivity index (χ1v) is 10.5. The SMILES string of the molecule is CC1=C2CC(O)CC[C@]2(C)[C@@H]2[C@@H](C1)[C@@H]1CC[C@](O)(C(=O)CO)[C@@]1(C)C[C@@H]2O. The van der Waals surface area contributed by atoms with Crippen molar-refractivity contribution in [3.05, 3.63) is 11.1 Å². The molecule has 0 saturated heterocycles. The van der Waals surface area contributed by atoms with Gasteiger partial charge in [-0.05, 0) is 75.0 Å². The summed E-state index contributed by atoms with van der Waals surface area (Å²) >= 11 is 0. The van der Waals surface area contributed by atoms with Crippen LogP contribution in [-0.4, -0.2) is 50.6 Å². The van der Waals surface area contributed by atoms with Gasteiger partial charge in [0.25, 0.3) is 0 Å². The molecule has 0 aliphatic heterocycles. The van der Waals surface area contributed by atoms with Crippen LogP contribution in [0.4, 0.5) is 0 Å². The number of carbonyl (C=O) groups excluding carboxylic acids is 1. The molecule has 4 N–H and O–H groups in total. The van der Waals surface area contributed by atoms with E-state index >= 15 is 0 Å². The van der Waals surface area contributed by atoms with E-state index in [1.807, 2.05) is 6.92 Å². The number of carbonyl (C=O) groups is 1. The van der Waals surface area contributed by atoms with Crippen molar-refractivity contribution in [2.24, 2.45) is 28.6 Å². The van der Waals surface area contributed by atoms with Crippen molar-refractivity contribution in [1.82, 2.24) is 0 Å². The van der Waals surface area contributed by atoms with Crippen LogP contribution in [0.25, 0.3) is 0 Å². The third-order valence-corrected chi connectivity index (χ3v) is 9.13. The molecule has 4 aliphatic rings. The van der Waals surface area contributed by atoms with E-state index in [0.717, 1.165) is 25.7 Å². The maximum absolute atomic E-state index is 12.4. The highest BCUT2D eigenvalue weighted by atomic mass is 16.3. The lowest BCUT2D eigenvalue weighted by Crippen LogP contribution is -2.62. The minimum Gasteiger partial charge on any atom is -0.393 e. The highest BCUT2D eigenvalue weighted by molar-refractivity contribution is 5.89. The third-order valence-electron chi connectivity index (χ3n) is 9.13. The first-order chi connectivity index (χ1) is 12.6. The van der Waals surface area contributed by atoms with Gasteiger partial charge in [-0.25, -0.2) is 0 Å². The molecular formula is C22H34O5. The Morgan fingerprint density at radius 2 is 1.85 bits per heavy atom. The van der Waals surface area contributed by atoms with E-state index in [4.69, 9.17) is 0 Å². The molecule has 4 rings (SSSR count). The maximum atomic E-state index is 12.4. The van der Waals surface area contributed by atoms with Gasteiger partial charge in [-0.15, -0.1) is 0 Å². The molecule has 0 aromatic carbocycles. The quantitative estimate of drug-likeness (QED) is 0.551. The lowest BCUT2D eigenvalue weighted by atomic mass is 9.45. The molecular weight excluding hydrogens is 344 g/mol. The molecule has 0 radical (unpaired) electrons. The molecule has 5 heteroatoms. The average Bonchev–Trinajstić information content (AvgIpc) is 2.87. The maximum Gasteiger partial charge on any atom is 0.190 e. The Hall–Kier alpha value is -0.750. The van der Waals surface area contributed by atoms with E-state index in [2.05, 4.69) is 13.8 Å². The van der Waals surface area contributed by atoms with Gasteiger partial charge in [-0.2, -0.15) is 0 Å². The largest absolute Gasteiger partial charge is 0.393 e. The van der Waals surface area contributed by atoms with Gasteiger partial charge in [0.1, 0.15) is 12.2 Å². The topological polar surface area (TPSA) is 98.0 Å². The van der Waals surface area contributed by atoms with Crippen LogP contribution in [0.3, 0.4) is 0 Å². The van der Waals surface area contributed by atoms with Gasteiger partial charge in [0.15, 0.2) is 5.78 Å². The van der Waals surface area contributed by atoms with Crippen LogP contribution in [0.15, 0.2) is 11.1 Å². The molecule has 0 spiro atoms. The van der Waals surface area contributed by atoms with Gasteiger partial charge in [-0.3, -0.25) is 4.79 Å². The molecule has 152 valence electrons. The highest BCUT2D eigenvalue weighted by Gasteiger charge is 2.68. The summed E-state index contributed by atoms with van der Waals surface area (Å²) in [6.45, 7) is 5.70. The number of Topliss-reactive ketones (excluding diaryl/α,β-unsaturated/α-hetero) is 1. The zero-order valence-electron chi connectivity index (χ0n) is 16.7. The van der Waals surface area contributed by atoms with E-state index in [0.29, 0.717) is 19.3 Å². The fourth-order valence-electron chi connectivity index (χ4n) is 7.83. The van der Waals surface area contributed by atoms with Gasteiger partial charge < -0.3 is 20.4 Å². The Morgan fingerprint density at radius 3 is 2.52 bits per heavy atom. The highest BCUT2D eigenvalue weighted by Crippen LogP contribution is 2.68. The van der Waals surface area contributed by atoms with Crippen molar-refractivity contribution >= 4 is 5.78 Å². The summed E-state index contributed by atoms with van der Waals surface area (Å²) in [5, 5.41) is 42.2. The third kappa shape index (κ3) is 2.41. The summed E-state index contributed by atoms with van der Waals surface area (Å²) in [7, 11) is 0. The Morgan fingerprint density at radius 1 is 1.15 bits per heavy atom. The second kappa shape index (κ2) is 6.12. The molecule has 3 fully saturated rings. The Bertz CT molecular complexity index is 686. The molecule has 4 aliphatic carbocycles. The molecule has 0 aromatic rings. The average molecular weight is 379 g/mol. The van der Waals surface area contributed by atoms with Gasteiger partial charge in [0, 0.05) is 5.41 Å². The van der Waals surface area contributed by atoms with E-state index in [9.17, 15) is 25.2 Å². The fraction of sp³-hybridized carbons (Fsp3) is 0.864. The van der Waals surface area contributed by atoms with Gasteiger partial charge in [0.05, 0.1) is 12.2 Å². The van der Waals surface area contributed by atoms with Gasteiger partial charge in [0.2, 0.25) is 0 Å². The molecule has 5 nitrogen and oxygen atoms in total. The summed E-state index contributed by atoms with van der Waals surface area (Å²) in [6, 6.07) is 0. The number of aliphatic hydroxyl groups is 4. The van der Waals surface area contributed by atoms with E-state index in [-0.39, 0.29) is 29.3 Å². The number of rotatable bonds is 2. The van der Waals surface area contributed by atoms with Gasteiger partial charge >= 0.3 is 0 Å². The summed E-state index contributed by atoms with van der Waals surface area (Å²) in [5.41, 5.74) is 0.285. The first kappa shape index (κ1) is 19.6. The van der Waals surface area contributed by atoms with Crippen molar-refractivity contribution < 1.29 is 25.2 Å². The molecule has 8 atom stereocenters. The number of ketones is 1. The number of aliphatic hydroxyl groups excluding tert-OH is 3. The smallest absolute Gasteiger partial charge is 0.190 e. The minimum atomic E-state index is -1.54. The monoisotopic (exact) mass is 378 g/mol. The predicted molar refractivity (Wildman–Crippen MR) is 101 cm³/mol. The Balaban J connectivity index is 1.77. The summed E-state index contributed by atoms with van der Waals surface area (Å²) < 4.78 is 0. The zero-order valence-corrected chi connectivity index (χ0v) is 16.7. The summed E-state index contributed by atoms with van der Waals surface area (Å²) in [4.78, 5) is 12.4. The minimum absolute atomic E-state index is 0.105. The zero-order chi connectivity index (χ0) is 19.8. The van der Waals surface area contributed by atoms with Crippen LogP contribution in [0.1, 0.15) is 65.7 Å². The first-order valence-electron chi connectivity index (χ1n) is 10.5. The molecule has 1 unspecified atom stereocenters. The van der Waals surface area contributed by atoms with Crippen molar-refractivity contribution in [1.29, 1.82) is 0 Å². The van der Waals surface area contributed by atoms with Crippen LogP contribution >= 0.6 is 0 Å². The fourth-order valence-corrected chi connectivity index (χ4v) is 7.83. The molecule has 0 heterocycles. The van der Waals surface area contributed by atoms with Crippen LogP contribution in [0, 0.1) is 28.6 Å². The summed E-state index contributed by atoms with van der Waals surface area (Å²) in [5.74, 6) is -0.0166. The van der Waals surface area contributed by atoms with E-state index in [1.165, 1.54) is 11.1 Å². The number of allylic oxidation sites excluding steroid dienone is 1. The standard InChI is InChI=1S/C22H34O5/c1-12-8-14-15-5-7-22(27,18(26)11-23)21(15,3)10-17(25)19(14)20(2)6-4-13(24)9-16(12)20/h13-15,17,19,23-25,27H,4-11H2,1-3H3/t13?,14-,15-,17-,19+,20-,21-,22-/m0/s1. The van der Waals surface area contributed by atoms with Crippen molar-refractivity contribution in [2.75, 3.05) is 6.61 Å². The predicted octanol–water partition coefficient (Wildman–Crippen LogP) is 1.96. The second-order valence-electron chi connectivity index (χ2n) is 10.2. The Labute approximate surface area is 161 Å². The summed E-state index contributed by atoms with van der Waals surface area (Å²) in [6.07, 6.45) is 3.85. The molecule has 0 bridgehead atoms. The number of fused-ring (bicyclic) bond motifs is 5. The lowest BCUT2D eigenvalue weighted by molar-refractivity contribution is -0.181. The van der Waals surface area contributed by atoms with E-state index < -0.39 is 29.5 Å². The normalized spacial score (nSPS) is 52.2. The van der Waals surface area contributed by atoms with E-state index in [1.54, 1.807) is 0 Å². The van der Waals surface area contributed by atoms with Crippen molar-refractivity contribution in [2.45, 2.75) is 83.5 Å². The van der Waals surface area contributed by atoms with Crippen LogP contribution in [0.2, 0.25) is 0 Å².